The fraction of sp³-hybridized carbons (Fsp3) is 0.241. The second kappa shape index (κ2) is 11.8. The van der Waals surface area contributed by atoms with Crippen LogP contribution >= 0.6 is 11.3 Å². The molecular weight excluding hydrogens is 598 g/mol. The zero-order valence-corrected chi connectivity index (χ0v) is 24.9. The van der Waals surface area contributed by atoms with Crippen molar-refractivity contribution in [2.24, 2.45) is 16.2 Å². The lowest BCUT2D eigenvalue weighted by Gasteiger charge is -2.11. The van der Waals surface area contributed by atoms with Gasteiger partial charge in [0.1, 0.15) is 16.5 Å². The lowest BCUT2D eigenvalue weighted by molar-refractivity contribution is 0.0691. The summed E-state index contributed by atoms with van der Waals surface area (Å²) in [6, 6.07) is 8.19. The van der Waals surface area contributed by atoms with Gasteiger partial charge in [0.15, 0.2) is 5.69 Å². The second-order valence-electron chi connectivity index (χ2n) is 10.5. The van der Waals surface area contributed by atoms with Crippen LogP contribution in [0.25, 0.3) is 22.0 Å². The van der Waals surface area contributed by atoms with Gasteiger partial charge in [-0.25, -0.2) is 36.8 Å². The first-order valence-electron chi connectivity index (χ1n) is 13.1. The van der Waals surface area contributed by atoms with Gasteiger partial charge >= 0.3 is 5.97 Å². The van der Waals surface area contributed by atoms with Crippen molar-refractivity contribution < 1.29 is 27.1 Å². The Labute approximate surface area is 250 Å². The lowest BCUT2D eigenvalue weighted by Crippen LogP contribution is -2.14. The number of primary sulfonamides is 1. The van der Waals surface area contributed by atoms with E-state index in [2.05, 4.69) is 16.7 Å². The zero-order valence-electron chi connectivity index (χ0n) is 23.3. The van der Waals surface area contributed by atoms with Crippen LogP contribution in [0.3, 0.4) is 0 Å². The van der Waals surface area contributed by atoms with Crippen molar-refractivity contribution in [3.63, 3.8) is 0 Å². The Morgan fingerprint density at radius 3 is 2.58 bits per heavy atom. The maximum absolute atomic E-state index is 15.0. The molecule has 3 N–H and O–H groups in total. The number of allylic oxidation sites excluding steroid dienone is 1. The largest absolute Gasteiger partial charge is 0.476 e. The minimum Gasteiger partial charge on any atom is -0.476 e. The van der Waals surface area contributed by atoms with Gasteiger partial charge in [-0.2, -0.15) is 10.2 Å². The van der Waals surface area contributed by atoms with Gasteiger partial charge in [0.25, 0.3) is 0 Å². The molecule has 43 heavy (non-hydrogen) atoms. The number of benzene rings is 2. The summed E-state index contributed by atoms with van der Waals surface area (Å²) in [5, 5.41) is 26.9. The van der Waals surface area contributed by atoms with Crippen LogP contribution in [-0.2, 0) is 22.9 Å². The molecule has 2 aromatic carbocycles. The maximum Gasteiger partial charge on any atom is 0.355 e. The number of hydrogen-bond donors (Lipinski definition) is 2. The summed E-state index contributed by atoms with van der Waals surface area (Å²) in [7, 11) is -0.806. The molecule has 5 rings (SSSR count). The molecule has 0 unspecified atom stereocenters. The fourth-order valence-corrected chi connectivity index (χ4v) is 5.95. The molecule has 0 aliphatic heterocycles. The molecule has 1 saturated carbocycles. The Morgan fingerprint density at radius 2 is 1.98 bits per heavy atom. The van der Waals surface area contributed by atoms with Crippen LogP contribution in [-0.4, -0.2) is 59.6 Å². The smallest absolute Gasteiger partial charge is 0.355 e. The minimum absolute atomic E-state index is 0.128. The Morgan fingerprint density at radius 1 is 1.23 bits per heavy atom. The number of carbonyl (C=O) groups is 1. The number of hydrogen-bond acceptors (Lipinski definition) is 8. The van der Waals surface area contributed by atoms with E-state index in [1.807, 2.05) is 0 Å². The molecule has 1 aliphatic rings. The zero-order chi connectivity index (χ0) is 31.1. The predicted octanol–water partition coefficient (Wildman–Crippen LogP) is 4.72. The number of carboxylic acids is 1. The first kappa shape index (κ1) is 30.2. The van der Waals surface area contributed by atoms with Crippen LogP contribution in [0, 0.1) is 17.6 Å². The molecule has 4 aromatic rings. The SMILES string of the molecule is C=C(/C=N\N(C)C)c1cc(-c2nn(-c3nc(C(=O)O)cs3)c(CC3CC3)c2Cc2ccc(S(N)(=O)=O)c(F)c2)ccc1F. The van der Waals surface area contributed by atoms with Gasteiger partial charge in [-0.3, -0.25) is 0 Å². The van der Waals surface area contributed by atoms with Crippen molar-refractivity contribution in [2.45, 2.75) is 30.6 Å². The van der Waals surface area contributed by atoms with E-state index in [0.717, 1.165) is 42.0 Å². The molecule has 0 spiro atoms. The molecule has 2 heterocycles. The third kappa shape index (κ3) is 6.71. The summed E-state index contributed by atoms with van der Waals surface area (Å²) < 4.78 is 55.0. The first-order valence-corrected chi connectivity index (χ1v) is 15.6. The number of aromatic nitrogens is 3. The van der Waals surface area contributed by atoms with Gasteiger partial charge in [0.05, 0.1) is 17.6 Å². The van der Waals surface area contributed by atoms with Crippen molar-refractivity contribution in [1.82, 2.24) is 19.8 Å². The molecule has 0 saturated heterocycles. The van der Waals surface area contributed by atoms with Crippen molar-refractivity contribution in [1.29, 1.82) is 0 Å². The monoisotopic (exact) mass is 626 g/mol. The summed E-state index contributed by atoms with van der Waals surface area (Å²) in [5.41, 5.74) is 3.30. The number of sulfonamides is 1. The molecule has 1 aliphatic carbocycles. The van der Waals surface area contributed by atoms with Crippen LogP contribution in [0.5, 0.6) is 0 Å². The van der Waals surface area contributed by atoms with Crippen LogP contribution in [0.4, 0.5) is 8.78 Å². The van der Waals surface area contributed by atoms with Gasteiger partial charge in [-0.15, -0.1) is 11.3 Å². The van der Waals surface area contributed by atoms with E-state index >= 15 is 0 Å². The van der Waals surface area contributed by atoms with Crippen molar-refractivity contribution in [2.75, 3.05) is 14.1 Å². The topological polar surface area (TPSA) is 144 Å². The predicted molar refractivity (Wildman–Crippen MR) is 160 cm³/mol. The molecular formula is C29H28F2N6O4S2. The number of carboxylic acid groups (broad SMARTS) is 1. The van der Waals surface area contributed by atoms with E-state index in [1.54, 1.807) is 35.9 Å². The minimum atomic E-state index is -4.26. The summed E-state index contributed by atoms with van der Waals surface area (Å²) in [5.74, 6) is -2.30. The third-order valence-electron chi connectivity index (χ3n) is 6.88. The number of thiazole rings is 1. The number of rotatable bonds is 11. The molecule has 10 nitrogen and oxygen atoms in total. The van der Waals surface area contributed by atoms with E-state index in [9.17, 15) is 27.1 Å². The number of halogens is 2. The second-order valence-corrected chi connectivity index (χ2v) is 12.8. The summed E-state index contributed by atoms with van der Waals surface area (Å²) in [6.45, 7) is 3.95. The highest BCUT2D eigenvalue weighted by Crippen LogP contribution is 2.38. The van der Waals surface area contributed by atoms with Gasteiger partial charge in [-0.05, 0) is 66.6 Å². The van der Waals surface area contributed by atoms with Gasteiger partial charge in [-0.1, -0.05) is 12.6 Å². The summed E-state index contributed by atoms with van der Waals surface area (Å²) in [4.78, 5) is 15.2. The van der Waals surface area contributed by atoms with Crippen molar-refractivity contribution >= 4 is 39.1 Å². The molecule has 0 radical (unpaired) electrons. The Bertz CT molecular complexity index is 1880. The molecule has 0 amide bonds. The Kier molecular flexibility index (Phi) is 8.27. The van der Waals surface area contributed by atoms with E-state index < -0.39 is 32.5 Å². The standard InChI is InChI=1S/C29H28F2N6O4S2/c1-16(14-33-36(2)3)20-13-19(7-8-22(20)30)27-21(10-18-6-9-26(23(31)11-18)43(32,40)41)25(12-17-4-5-17)37(35-27)29-34-24(15-42-29)28(38)39/h6-9,11,13-15,17H,1,4-5,10,12H2,2-3H3,(H,38,39)(H2,32,40,41)/b33-14-. The van der Waals surface area contributed by atoms with E-state index in [-0.39, 0.29) is 17.7 Å². The van der Waals surface area contributed by atoms with Crippen LogP contribution in [0.2, 0.25) is 0 Å². The molecule has 224 valence electrons. The maximum atomic E-state index is 15.0. The van der Waals surface area contributed by atoms with Gasteiger partial charge < -0.3 is 10.1 Å². The van der Waals surface area contributed by atoms with Crippen molar-refractivity contribution in [3.8, 4) is 16.4 Å². The molecule has 14 heteroatoms. The lowest BCUT2D eigenvalue weighted by atomic mass is 9.95. The number of aromatic carboxylic acids is 1. The average molecular weight is 627 g/mol. The first-order chi connectivity index (χ1) is 20.3. The normalized spacial score (nSPS) is 13.5. The Hall–Kier alpha value is -4.27. The summed E-state index contributed by atoms with van der Waals surface area (Å²) >= 11 is 1.11. The number of nitrogens with zero attached hydrogens (tertiary/aromatic N) is 5. The van der Waals surface area contributed by atoms with Crippen molar-refractivity contribution in [3.05, 3.63) is 88.1 Å². The average Bonchev–Trinajstić information content (AvgIpc) is 3.49. The Balaban J connectivity index is 1.69. The number of hydrazone groups is 1. The highest BCUT2D eigenvalue weighted by atomic mass is 32.2. The van der Waals surface area contributed by atoms with E-state index in [0.29, 0.717) is 45.4 Å². The molecule has 2 aromatic heterocycles. The highest BCUT2D eigenvalue weighted by Gasteiger charge is 2.30. The third-order valence-corrected chi connectivity index (χ3v) is 8.64. The summed E-state index contributed by atoms with van der Waals surface area (Å²) in [6.07, 6.45) is 4.19. The molecule has 0 atom stereocenters. The number of nitrogens with two attached hydrogens (primary N) is 1. The molecule has 0 bridgehead atoms. The van der Waals surface area contributed by atoms with Gasteiger partial charge in [0.2, 0.25) is 15.2 Å². The highest BCUT2D eigenvalue weighted by molar-refractivity contribution is 7.89. The molecule has 1 fully saturated rings. The fourth-order valence-electron chi connectivity index (χ4n) is 4.59. The van der Waals surface area contributed by atoms with E-state index in [1.165, 1.54) is 23.7 Å². The van der Waals surface area contributed by atoms with Crippen LogP contribution < -0.4 is 5.14 Å². The quantitative estimate of drug-likeness (QED) is 0.181. The van der Waals surface area contributed by atoms with Gasteiger partial charge in [0, 0.05) is 42.6 Å². The van der Waals surface area contributed by atoms with Crippen LogP contribution in [0.15, 0.2) is 58.4 Å². The van der Waals surface area contributed by atoms with E-state index in [4.69, 9.17) is 10.2 Å². The van der Waals surface area contributed by atoms with Crippen LogP contribution in [0.1, 0.15) is 45.7 Å².